The van der Waals surface area contributed by atoms with Crippen LogP contribution in [0, 0.1) is 12.8 Å². The van der Waals surface area contributed by atoms with Crippen LogP contribution in [-0.4, -0.2) is 51.5 Å². The molecule has 0 atom stereocenters. The van der Waals surface area contributed by atoms with Crippen LogP contribution in [-0.2, 0) is 18.3 Å². The number of nitrogens with zero attached hydrogens (tertiary/aromatic N) is 4. The Morgan fingerprint density at radius 3 is 2.70 bits per heavy atom. The molecule has 1 aromatic carbocycles. The Balaban J connectivity index is 1.53. The molecule has 140 valence electrons. The van der Waals surface area contributed by atoms with Gasteiger partial charge in [-0.2, -0.15) is 0 Å². The Morgan fingerprint density at radius 2 is 2.00 bits per heavy atom. The van der Waals surface area contributed by atoms with Crippen LogP contribution in [0.15, 0.2) is 36.7 Å². The predicted octanol–water partition coefficient (Wildman–Crippen LogP) is 2.96. The Bertz CT molecular complexity index is 991. The van der Waals surface area contributed by atoms with Crippen molar-refractivity contribution in [2.24, 2.45) is 13.0 Å². The molecule has 1 fully saturated rings. The summed E-state index contributed by atoms with van der Waals surface area (Å²) < 4.78 is 14.4. The highest BCUT2D eigenvalue weighted by Crippen LogP contribution is 2.25. The molecule has 6 heteroatoms. The minimum atomic E-state index is -0.355. The van der Waals surface area contributed by atoms with Crippen LogP contribution in [0.2, 0.25) is 0 Å². The first-order chi connectivity index (χ1) is 13.0. The number of carbonyl (C=O) groups excluding carboxylic acids is 1. The zero-order valence-electron chi connectivity index (χ0n) is 15.7. The molecular weight excluding hydrogens is 343 g/mol. The molecule has 0 bridgehead atoms. The molecule has 0 radical (unpaired) electrons. The number of imidazole rings is 1. The van der Waals surface area contributed by atoms with E-state index < -0.39 is 0 Å². The van der Waals surface area contributed by atoms with Crippen LogP contribution in [0.5, 0.6) is 0 Å². The zero-order chi connectivity index (χ0) is 19.0. The van der Waals surface area contributed by atoms with Gasteiger partial charge >= 0.3 is 0 Å². The van der Waals surface area contributed by atoms with Crippen molar-refractivity contribution in [2.75, 3.05) is 26.3 Å². The lowest BCUT2D eigenvalue weighted by Gasteiger charge is -2.37. The number of Topliss-reactive ketones (excluding diaryl/α,β-unsaturated/α-hetero) is 1. The molecule has 4 rings (SSSR count). The minimum absolute atomic E-state index is 0.0119. The zero-order valence-corrected chi connectivity index (χ0v) is 15.7. The Morgan fingerprint density at radius 1 is 1.19 bits per heavy atom. The molecule has 0 N–H and O–H groups in total. The number of hydrogen-bond acceptors (Lipinski definition) is 4. The summed E-state index contributed by atoms with van der Waals surface area (Å²) in [6, 6.07) is 8.23. The summed E-state index contributed by atoms with van der Waals surface area (Å²) in [5.74, 6) is 1.17. The molecule has 2 aromatic heterocycles. The summed E-state index contributed by atoms with van der Waals surface area (Å²) in [6.07, 6.45) is 4.04. The number of ketones is 1. The van der Waals surface area contributed by atoms with Gasteiger partial charge in [-0.05, 0) is 24.4 Å². The van der Waals surface area contributed by atoms with Gasteiger partial charge in [0.05, 0.1) is 11.9 Å². The predicted molar refractivity (Wildman–Crippen MR) is 103 cm³/mol. The summed E-state index contributed by atoms with van der Waals surface area (Å²) in [5, 5.41) is 2.11. The van der Waals surface area contributed by atoms with Crippen molar-refractivity contribution in [1.29, 1.82) is 0 Å². The Hall–Kier alpha value is -2.60. The normalized spacial score (nSPS) is 15.2. The maximum Gasteiger partial charge on any atom is 0.144 e. The lowest BCUT2D eigenvalue weighted by molar-refractivity contribution is -0.127. The first-order valence-corrected chi connectivity index (χ1v) is 9.23. The molecule has 3 heterocycles. The van der Waals surface area contributed by atoms with Gasteiger partial charge in [0.1, 0.15) is 18.3 Å². The lowest BCUT2D eigenvalue weighted by atomic mass is 9.92. The summed E-state index contributed by atoms with van der Waals surface area (Å²) in [4.78, 5) is 23.2. The number of pyridine rings is 1. The maximum atomic E-state index is 12.4. The van der Waals surface area contributed by atoms with E-state index in [1.807, 2.05) is 43.4 Å². The van der Waals surface area contributed by atoms with Crippen molar-refractivity contribution in [2.45, 2.75) is 13.3 Å². The van der Waals surface area contributed by atoms with Crippen LogP contribution in [0.1, 0.15) is 11.5 Å². The topological polar surface area (TPSA) is 51.0 Å². The van der Waals surface area contributed by atoms with Crippen molar-refractivity contribution in [3.8, 4) is 11.3 Å². The number of aryl methyl sites for hydroxylation is 1. The Labute approximate surface area is 157 Å². The van der Waals surface area contributed by atoms with E-state index in [0.29, 0.717) is 26.1 Å². The second kappa shape index (κ2) is 7.19. The van der Waals surface area contributed by atoms with Crippen LogP contribution >= 0.6 is 0 Å². The number of alkyl halides is 1. The number of carbonyl (C=O) groups is 1. The van der Waals surface area contributed by atoms with Gasteiger partial charge in [-0.1, -0.05) is 12.1 Å². The molecule has 1 saturated heterocycles. The van der Waals surface area contributed by atoms with Gasteiger partial charge in [-0.3, -0.25) is 14.7 Å². The number of benzene rings is 1. The van der Waals surface area contributed by atoms with Gasteiger partial charge in [0.15, 0.2) is 0 Å². The van der Waals surface area contributed by atoms with E-state index in [0.717, 1.165) is 33.5 Å². The first kappa shape index (κ1) is 17.8. The highest BCUT2D eigenvalue weighted by atomic mass is 19.1. The quantitative estimate of drug-likeness (QED) is 0.673. The van der Waals surface area contributed by atoms with Gasteiger partial charge in [0.25, 0.3) is 0 Å². The molecule has 3 aromatic rings. The minimum Gasteiger partial charge on any atom is -0.331 e. The highest BCUT2D eigenvalue weighted by molar-refractivity contribution is 5.88. The average Bonchev–Trinajstić information content (AvgIpc) is 2.96. The molecule has 0 unspecified atom stereocenters. The standard InChI is InChI=1S/C21H23FN4O/c1-14-23-11-20(25(14)2)15-3-4-16-10-24-19(8-17(16)7-15)9-21(27)18-12-26(13-18)6-5-22/h3-4,7-8,10-11,18H,5-6,9,12-13H2,1-2H3. The highest BCUT2D eigenvalue weighted by Gasteiger charge is 2.31. The van der Waals surface area contributed by atoms with E-state index in [-0.39, 0.29) is 18.4 Å². The van der Waals surface area contributed by atoms with Crippen molar-refractivity contribution in [3.63, 3.8) is 0 Å². The molecule has 1 aliphatic rings. The summed E-state index contributed by atoms with van der Waals surface area (Å²) in [5.41, 5.74) is 2.94. The van der Waals surface area contributed by atoms with E-state index in [4.69, 9.17) is 0 Å². The summed E-state index contributed by atoms with van der Waals surface area (Å²) >= 11 is 0. The van der Waals surface area contributed by atoms with Gasteiger partial charge in [-0.15, -0.1) is 0 Å². The summed E-state index contributed by atoms with van der Waals surface area (Å²) in [7, 11) is 2.00. The van der Waals surface area contributed by atoms with Crippen molar-refractivity contribution in [3.05, 3.63) is 48.2 Å². The Kier molecular flexibility index (Phi) is 4.74. The third kappa shape index (κ3) is 3.49. The van der Waals surface area contributed by atoms with Crippen LogP contribution < -0.4 is 0 Å². The number of halogens is 1. The van der Waals surface area contributed by atoms with Crippen molar-refractivity contribution < 1.29 is 9.18 Å². The van der Waals surface area contributed by atoms with Crippen LogP contribution in [0.3, 0.4) is 0 Å². The second-order valence-electron chi connectivity index (χ2n) is 7.28. The van der Waals surface area contributed by atoms with Crippen molar-refractivity contribution in [1.82, 2.24) is 19.4 Å². The molecule has 5 nitrogen and oxygen atoms in total. The molecule has 1 aliphatic heterocycles. The van der Waals surface area contributed by atoms with Gasteiger partial charge in [-0.25, -0.2) is 9.37 Å². The SMILES string of the molecule is Cc1ncc(-c2ccc3cnc(CC(=O)C4CN(CCF)C4)cc3c2)n1C. The number of hydrogen-bond donors (Lipinski definition) is 0. The third-order valence-corrected chi connectivity index (χ3v) is 5.46. The fourth-order valence-electron chi connectivity index (χ4n) is 3.61. The lowest BCUT2D eigenvalue weighted by Crippen LogP contribution is -2.51. The second-order valence-corrected chi connectivity index (χ2v) is 7.28. The van der Waals surface area contributed by atoms with E-state index in [1.54, 1.807) is 0 Å². The van der Waals surface area contributed by atoms with E-state index in [1.165, 1.54) is 0 Å². The molecule has 0 spiro atoms. The number of likely N-dealkylation sites (tertiary alicyclic amines) is 1. The molecule has 0 amide bonds. The van der Waals surface area contributed by atoms with Crippen LogP contribution in [0.25, 0.3) is 22.0 Å². The largest absolute Gasteiger partial charge is 0.331 e. The number of fused-ring (bicyclic) bond motifs is 1. The van der Waals surface area contributed by atoms with Crippen molar-refractivity contribution >= 4 is 16.6 Å². The number of rotatable bonds is 6. The molecule has 0 saturated carbocycles. The fourth-order valence-corrected chi connectivity index (χ4v) is 3.61. The van der Waals surface area contributed by atoms with Crippen LogP contribution in [0.4, 0.5) is 4.39 Å². The monoisotopic (exact) mass is 366 g/mol. The van der Waals surface area contributed by atoms with Gasteiger partial charge in [0.2, 0.25) is 0 Å². The van der Waals surface area contributed by atoms with E-state index in [9.17, 15) is 9.18 Å². The third-order valence-electron chi connectivity index (χ3n) is 5.46. The van der Waals surface area contributed by atoms with E-state index in [2.05, 4.69) is 26.7 Å². The molecule has 0 aliphatic carbocycles. The number of aromatic nitrogens is 3. The molecular formula is C21H23FN4O. The molecule has 27 heavy (non-hydrogen) atoms. The average molecular weight is 366 g/mol. The first-order valence-electron chi connectivity index (χ1n) is 9.23. The van der Waals surface area contributed by atoms with Gasteiger partial charge in [0, 0.05) is 61.9 Å². The van der Waals surface area contributed by atoms with Gasteiger partial charge < -0.3 is 4.57 Å². The summed E-state index contributed by atoms with van der Waals surface area (Å²) in [6.45, 7) is 3.38. The smallest absolute Gasteiger partial charge is 0.144 e. The van der Waals surface area contributed by atoms with E-state index >= 15 is 0 Å². The maximum absolute atomic E-state index is 12.4. The fraction of sp³-hybridized carbons (Fsp3) is 0.381.